The molecule has 1 fully saturated rings. The highest BCUT2D eigenvalue weighted by atomic mass is 28.4. The van der Waals surface area contributed by atoms with Crippen molar-refractivity contribution >= 4 is 8.32 Å². The van der Waals surface area contributed by atoms with E-state index in [4.69, 9.17) is 4.43 Å². The molecule has 1 atom stereocenters. The number of rotatable bonds is 2. The zero-order valence-corrected chi connectivity index (χ0v) is 11.2. The highest BCUT2D eigenvalue weighted by Gasteiger charge is 2.40. The molecule has 86 valence electrons. The molecule has 1 aliphatic rings. The van der Waals surface area contributed by atoms with Crippen molar-refractivity contribution in [1.82, 2.24) is 0 Å². The van der Waals surface area contributed by atoms with E-state index >= 15 is 0 Å². The van der Waals surface area contributed by atoms with Crippen LogP contribution in [0.15, 0.2) is 43.0 Å². The lowest BCUT2D eigenvalue weighted by atomic mass is 9.89. The highest BCUT2D eigenvalue weighted by molar-refractivity contribution is 6.71. The molecule has 2 heteroatoms. The minimum atomic E-state index is -1.50. The van der Waals surface area contributed by atoms with Gasteiger partial charge in [0, 0.05) is 0 Å². The van der Waals surface area contributed by atoms with Crippen LogP contribution >= 0.6 is 0 Å². The molecular weight excluding hydrogens is 212 g/mol. The van der Waals surface area contributed by atoms with Gasteiger partial charge in [0.15, 0.2) is 8.32 Å². The minimum absolute atomic E-state index is 0.227. The lowest BCUT2D eigenvalue weighted by Gasteiger charge is -2.43. The minimum Gasteiger partial charge on any atom is -0.404 e. The maximum absolute atomic E-state index is 6.42. The zero-order chi connectivity index (χ0) is 11.6. The Morgan fingerprint density at radius 3 is 2.56 bits per heavy atom. The van der Waals surface area contributed by atoms with E-state index in [1.54, 1.807) is 0 Å². The Labute approximate surface area is 99.3 Å². The van der Waals surface area contributed by atoms with Crippen molar-refractivity contribution in [2.45, 2.75) is 37.6 Å². The van der Waals surface area contributed by atoms with E-state index in [1.807, 2.05) is 12.1 Å². The number of hydrogen-bond acceptors (Lipinski definition) is 1. The fraction of sp³-hybridized carbons (Fsp3) is 0.429. The summed E-state index contributed by atoms with van der Waals surface area (Å²) in [6.45, 7) is 8.59. The molecule has 0 N–H and O–H groups in total. The van der Waals surface area contributed by atoms with Crippen molar-refractivity contribution < 1.29 is 4.43 Å². The van der Waals surface area contributed by atoms with Crippen molar-refractivity contribution in [3.63, 3.8) is 0 Å². The van der Waals surface area contributed by atoms with Gasteiger partial charge in [-0.3, -0.25) is 0 Å². The van der Waals surface area contributed by atoms with Gasteiger partial charge in [0.2, 0.25) is 0 Å². The monoisotopic (exact) mass is 232 g/mol. The van der Waals surface area contributed by atoms with Crippen molar-refractivity contribution in [3.8, 4) is 0 Å². The predicted octanol–water partition coefficient (Wildman–Crippen LogP) is 4.08. The van der Waals surface area contributed by atoms with Crippen LogP contribution in [0.4, 0.5) is 0 Å². The molecule has 1 heterocycles. The van der Waals surface area contributed by atoms with Crippen LogP contribution in [0.2, 0.25) is 19.1 Å². The summed E-state index contributed by atoms with van der Waals surface area (Å²) in [5, 5.41) is 0. The average molecular weight is 232 g/mol. The third-order valence-electron chi connectivity index (χ3n) is 3.38. The van der Waals surface area contributed by atoms with Crippen LogP contribution < -0.4 is 0 Å². The second kappa shape index (κ2) is 4.19. The summed E-state index contributed by atoms with van der Waals surface area (Å²) in [5.41, 5.74) is 1.03. The smallest absolute Gasteiger partial charge is 0.188 e. The van der Waals surface area contributed by atoms with Gasteiger partial charge in [0.1, 0.15) is 0 Å². The van der Waals surface area contributed by atoms with E-state index < -0.39 is 8.32 Å². The quantitative estimate of drug-likeness (QED) is 0.551. The SMILES string of the molecule is C=CC1(c2ccccc2)CCC[Si](C)(C)O1. The molecule has 1 unspecified atom stereocenters. The Kier molecular flexibility index (Phi) is 3.04. The summed E-state index contributed by atoms with van der Waals surface area (Å²) >= 11 is 0. The Morgan fingerprint density at radius 2 is 2.00 bits per heavy atom. The van der Waals surface area contributed by atoms with Gasteiger partial charge >= 0.3 is 0 Å². The molecule has 1 saturated heterocycles. The molecule has 0 aromatic heterocycles. The molecular formula is C14H20OSi. The van der Waals surface area contributed by atoms with Gasteiger partial charge in [0.05, 0.1) is 5.60 Å². The van der Waals surface area contributed by atoms with Crippen LogP contribution in [-0.4, -0.2) is 8.32 Å². The van der Waals surface area contributed by atoms with E-state index in [-0.39, 0.29) is 5.60 Å². The Bertz CT molecular complexity index is 372. The first-order valence-corrected chi connectivity index (χ1v) is 9.09. The Balaban J connectivity index is 2.36. The number of benzene rings is 1. The van der Waals surface area contributed by atoms with Crippen molar-refractivity contribution in [2.75, 3.05) is 0 Å². The topological polar surface area (TPSA) is 9.23 Å². The van der Waals surface area contributed by atoms with Gasteiger partial charge in [-0.05, 0) is 31.1 Å². The zero-order valence-electron chi connectivity index (χ0n) is 10.2. The molecule has 1 aromatic rings. The summed E-state index contributed by atoms with van der Waals surface area (Å²) in [6, 6.07) is 11.8. The molecule has 0 bridgehead atoms. The second-order valence-corrected chi connectivity index (χ2v) is 9.40. The maximum Gasteiger partial charge on any atom is 0.188 e. The summed E-state index contributed by atoms with van der Waals surface area (Å²) in [7, 11) is -1.50. The van der Waals surface area contributed by atoms with Gasteiger partial charge in [-0.1, -0.05) is 49.4 Å². The first-order valence-electron chi connectivity index (χ1n) is 5.97. The molecule has 0 amide bonds. The lowest BCUT2D eigenvalue weighted by molar-refractivity contribution is 0.0808. The highest BCUT2D eigenvalue weighted by Crippen LogP contribution is 2.41. The largest absolute Gasteiger partial charge is 0.404 e. The van der Waals surface area contributed by atoms with Gasteiger partial charge in [-0.25, -0.2) is 0 Å². The molecule has 16 heavy (non-hydrogen) atoms. The van der Waals surface area contributed by atoms with Crippen LogP contribution in [0.25, 0.3) is 0 Å². The van der Waals surface area contributed by atoms with Crippen molar-refractivity contribution in [2.24, 2.45) is 0 Å². The first-order chi connectivity index (χ1) is 7.58. The lowest BCUT2D eigenvalue weighted by Crippen LogP contribution is -2.45. The van der Waals surface area contributed by atoms with Crippen LogP contribution in [0, 0.1) is 0 Å². The molecule has 0 radical (unpaired) electrons. The first kappa shape index (κ1) is 11.6. The third-order valence-corrected chi connectivity index (χ3v) is 5.85. The van der Waals surface area contributed by atoms with Crippen LogP contribution in [-0.2, 0) is 10.0 Å². The van der Waals surface area contributed by atoms with E-state index in [9.17, 15) is 0 Å². The van der Waals surface area contributed by atoms with Gasteiger partial charge in [-0.15, -0.1) is 0 Å². The van der Waals surface area contributed by atoms with Crippen molar-refractivity contribution in [3.05, 3.63) is 48.6 Å². The molecule has 1 aliphatic heterocycles. The summed E-state index contributed by atoms with van der Waals surface area (Å²) in [4.78, 5) is 0. The van der Waals surface area contributed by atoms with E-state index in [2.05, 4.69) is 43.9 Å². The molecule has 0 saturated carbocycles. The molecule has 0 aliphatic carbocycles. The van der Waals surface area contributed by atoms with Crippen LogP contribution in [0.1, 0.15) is 18.4 Å². The second-order valence-electron chi connectivity index (χ2n) is 5.17. The predicted molar refractivity (Wildman–Crippen MR) is 70.9 cm³/mol. The number of hydrogen-bond donors (Lipinski definition) is 0. The van der Waals surface area contributed by atoms with Gasteiger partial charge in [0.25, 0.3) is 0 Å². The Morgan fingerprint density at radius 1 is 1.31 bits per heavy atom. The van der Waals surface area contributed by atoms with E-state index in [0.29, 0.717) is 0 Å². The fourth-order valence-electron chi connectivity index (χ4n) is 2.56. The van der Waals surface area contributed by atoms with Crippen molar-refractivity contribution in [1.29, 1.82) is 0 Å². The van der Waals surface area contributed by atoms with Gasteiger partial charge < -0.3 is 4.43 Å². The van der Waals surface area contributed by atoms with Crippen LogP contribution in [0.3, 0.4) is 0 Å². The maximum atomic E-state index is 6.42. The molecule has 1 aromatic carbocycles. The molecule has 2 rings (SSSR count). The molecule has 0 spiro atoms. The normalized spacial score (nSPS) is 28.6. The van der Waals surface area contributed by atoms with E-state index in [1.165, 1.54) is 18.0 Å². The van der Waals surface area contributed by atoms with E-state index in [0.717, 1.165) is 6.42 Å². The third kappa shape index (κ3) is 2.13. The summed E-state index contributed by atoms with van der Waals surface area (Å²) in [5.74, 6) is 0. The summed E-state index contributed by atoms with van der Waals surface area (Å²) < 4.78 is 6.42. The summed E-state index contributed by atoms with van der Waals surface area (Å²) in [6.07, 6.45) is 4.31. The van der Waals surface area contributed by atoms with Gasteiger partial charge in [-0.2, -0.15) is 0 Å². The molecule has 1 nitrogen and oxygen atoms in total. The Hall–Kier alpha value is -0.863. The average Bonchev–Trinajstić information content (AvgIpc) is 2.29. The fourth-order valence-corrected chi connectivity index (χ4v) is 4.98. The standard InChI is InChI=1S/C14H20OSi/c1-4-14(13-9-6-5-7-10-13)11-8-12-16(2,3)15-14/h4-7,9-10H,1,8,11-12H2,2-3H3. The van der Waals surface area contributed by atoms with Crippen LogP contribution in [0.5, 0.6) is 0 Å².